The Kier molecular flexibility index (Phi) is 5.57. The van der Waals surface area contributed by atoms with Crippen molar-refractivity contribution in [3.63, 3.8) is 0 Å². The molecule has 88 valence electrons. The first-order chi connectivity index (χ1) is 7.72. The summed E-state index contributed by atoms with van der Waals surface area (Å²) in [4.78, 5) is 10.9. The molecule has 0 aliphatic carbocycles. The Morgan fingerprint density at radius 2 is 2.06 bits per heavy atom. The van der Waals surface area contributed by atoms with Gasteiger partial charge >= 0.3 is 5.97 Å². The van der Waals surface area contributed by atoms with E-state index in [0.29, 0.717) is 6.04 Å². The molecule has 0 spiro atoms. The Balaban J connectivity index is 2.20. The lowest BCUT2D eigenvalue weighted by Gasteiger charge is -2.12. The van der Waals surface area contributed by atoms with E-state index < -0.39 is 0 Å². The predicted octanol–water partition coefficient (Wildman–Crippen LogP) is 1.77. The molecule has 3 heteroatoms. The molecule has 1 atom stereocenters. The van der Waals surface area contributed by atoms with E-state index in [1.54, 1.807) is 0 Å². The van der Waals surface area contributed by atoms with Gasteiger partial charge in [0.05, 0.1) is 13.7 Å². The number of rotatable bonds is 6. The molecule has 0 radical (unpaired) electrons. The van der Waals surface area contributed by atoms with Gasteiger partial charge in [0.2, 0.25) is 0 Å². The molecule has 1 unspecified atom stereocenters. The lowest BCUT2D eigenvalue weighted by atomic mass is 10.1. The predicted molar refractivity (Wildman–Crippen MR) is 64.2 cm³/mol. The fourth-order valence-electron chi connectivity index (χ4n) is 1.46. The standard InChI is InChI=1S/C13H19NO2/c1-11(14-10-13(15)16-2)8-9-12-6-4-3-5-7-12/h3-7,11,14H,8-10H2,1-2H3. The third-order valence-electron chi connectivity index (χ3n) is 2.53. The van der Waals surface area contributed by atoms with Crippen LogP contribution in [0.5, 0.6) is 0 Å². The highest BCUT2D eigenvalue weighted by molar-refractivity contribution is 5.71. The number of nitrogens with one attached hydrogen (secondary N) is 1. The third kappa shape index (κ3) is 4.94. The van der Waals surface area contributed by atoms with Gasteiger partial charge in [-0.15, -0.1) is 0 Å². The summed E-state index contributed by atoms with van der Waals surface area (Å²) in [6.07, 6.45) is 2.04. The van der Waals surface area contributed by atoms with Crippen LogP contribution >= 0.6 is 0 Å². The van der Waals surface area contributed by atoms with Crippen LogP contribution in [0, 0.1) is 0 Å². The minimum absolute atomic E-state index is 0.216. The summed E-state index contributed by atoms with van der Waals surface area (Å²) in [6.45, 7) is 2.36. The first kappa shape index (κ1) is 12.7. The van der Waals surface area contributed by atoms with Gasteiger partial charge in [0.25, 0.3) is 0 Å². The van der Waals surface area contributed by atoms with E-state index >= 15 is 0 Å². The van der Waals surface area contributed by atoms with Gasteiger partial charge in [-0.25, -0.2) is 0 Å². The van der Waals surface area contributed by atoms with Crippen LogP contribution in [-0.2, 0) is 16.0 Å². The van der Waals surface area contributed by atoms with Gasteiger partial charge in [-0.2, -0.15) is 0 Å². The molecule has 1 rings (SSSR count). The molecule has 16 heavy (non-hydrogen) atoms. The Labute approximate surface area is 96.8 Å². The van der Waals surface area contributed by atoms with Gasteiger partial charge in [-0.3, -0.25) is 4.79 Å². The maximum absolute atomic E-state index is 10.9. The van der Waals surface area contributed by atoms with Crippen molar-refractivity contribution in [2.45, 2.75) is 25.8 Å². The van der Waals surface area contributed by atoms with Crippen molar-refractivity contribution >= 4 is 5.97 Å². The number of hydrogen-bond donors (Lipinski definition) is 1. The van der Waals surface area contributed by atoms with Gasteiger partial charge in [-0.05, 0) is 25.3 Å². The molecular formula is C13H19NO2. The fourth-order valence-corrected chi connectivity index (χ4v) is 1.46. The normalized spacial score (nSPS) is 12.1. The van der Waals surface area contributed by atoms with Crippen molar-refractivity contribution in [3.8, 4) is 0 Å². The summed E-state index contributed by atoms with van der Waals surface area (Å²) in [5.41, 5.74) is 1.33. The van der Waals surface area contributed by atoms with Crippen LogP contribution in [0.4, 0.5) is 0 Å². The quantitative estimate of drug-likeness (QED) is 0.744. The molecular weight excluding hydrogens is 202 g/mol. The number of esters is 1. The zero-order valence-electron chi connectivity index (χ0n) is 9.90. The summed E-state index contributed by atoms with van der Waals surface area (Å²) >= 11 is 0. The highest BCUT2D eigenvalue weighted by Gasteiger charge is 2.05. The summed E-state index contributed by atoms with van der Waals surface area (Å²) in [5, 5.41) is 3.13. The second-order valence-corrected chi connectivity index (χ2v) is 3.88. The molecule has 1 aromatic carbocycles. The number of hydrogen-bond acceptors (Lipinski definition) is 3. The second-order valence-electron chi connectivity index (χ2n) is 3.88. The Hall–Kier alpha value is -1.35. The third-order valence-corrected chi connectivity index (χ3v) is 2.53. The van der Waals surface area contributed by atoms with Gasteiger partial charge in [-0.1, -0.05) is 30.3 Å². The molecule has 0 saturated heterocycles. The van der Waals surface area contributed by atoms with E-state index in [0.717, 1.165) is 12.8 Å². The van der Waals surface area contributed by atoms with Crippen molar-refractivity contribution in [3.05, 3.63) is 35.9 Å². The van der Waals surface area contributed by atoms with Gasteiger partial charge in [0.1, 0.15) is 0 Å². The SMILES string of the molecule is COC(=O)CNC(C)CCc1ccccc1. The molecule has 0 fully saturated rings. The van der Waals surface area contributed by atoms with Crippen LogP contribution in [0.1, 0.15) is 18.9 Å². The van der Waals surface area contributed by atoms with Gasteiger partial charge in [0.15, 0.2) is 0 Å². The largest absolute Gasteiger partial charge is 0.468 e. The number of ether oxygens (including phenoxy) is 1. The Morgan fingerprint density at radius 3 is 2.69 bits per heavy atom. The number of methoxy groups -OCH3 is 1. The lowest BCUT2D eigenvalue weighted by Crippen LogP contribution is -2.32. The highest BCUT2D eigenvalue weighted by Crippen LogP contribution is 2.04. The van der Waals surface area contributed by atoms with E-state index in [1.807, 2.05) is 18.2 Å². The van der Waals surface area contributed by atoms with Crippen molar-refractivity contribution in [1.29, 1.82) is 0 Å². The number of benzene rings is 1. The molecule has 1 aromatic rings. The van der Waals surface area contributed by atoms with Crippen LogP contribution in [0.2, 0.25) is 0 Å². The first-order valence-electron chi connectivity index (χ1n) is 5.56. The van der Waals surface area contributed by atoms with Crippen molar-refractivity contribution in [1.82, 2.24) is 5.32 Å². The molecule has 0 aromatic heterocycles. The van der Waals surface area contributed by atoms with E-state index in [4.69, 9.17) is 0 Å². The average molecular weight is 221 g/mol. The maximum atomic E-state index is 10.9. The Bertz CT molecular complexity index is 311. The smallest absolute Gasteiger partial charge is 0.319 e. The molecule has 0 bridgehead atoms. The van der Waals surface area contributed by atoms with Crippen LogP contribution in [0.25, 0.3) is 0 Å². The monoisotopic (exact) mass is 221 g/mol. The fraction of sp³-hybridized carbons (Fsp3) is 0.462. The summed E-state index contributed by atoms with van der Waals surface area (Å²) in [7, 11) is 1.40. The molecule has 3 nitrogen and oxygen atoms in total. The van der Waals surface area contributed by atoms with E-state index in [1.165, 1.54) is 12.7 Å². The maximum Gasteiger partial charge on any atom is 0.319 e. The van der Waals surface area contributed by atoms with Gasteiger partial charge in [0, 0.05) is 6.04 Å². The molecule has 0 saturated carbocycles. The zero-order chi connectivity index (χ0) is 11.8. The van der Waals surface area contributed by atoms with Crippen LogP contribution < -0.4 is 5.32 Å². The summed E-state index contributed by atoms with van der Waals surface area (Å²) in [6, 6.07) is 10.7. The van der Waals surface area contributed by atoms with Crippen molar-refractivity contribution in [2.75, 3.05) is 13.7 Å². The van der Waals surface area contributed by atoms with Crippen molar-refractivity contribution in [2.24, 2.45) is 0 Å². The van der Waals surface area contributed by atoms with Crippen LogP contribution in [0.3, 0.4) is 0 Å². The van der Waals surface area contributed by atoms with E-state index in [9.17, 15) is 4.79 Å². The van der Waals surface area contributed by atoms with Crippen molar-refractivity contribution < 1.29 is 9.53 Å². The molecule has 0 amide bonds. The van der Waals surface area contributed by atoms with Crippen LogP contribution in [0.15, 0.2) is 30.3 Å². The summed E-state index contributed by atoms with van der Waals surface area (Å²) in [5.74, 6) is -0.216. The first-order valence-corrected chi connectivity index (χ1v) is 5.56. The lowest BCUT2D eigenvalue weighted by molar-refractivity contribution is -0.139. The van der Waals surface area contributed by atoms with E-state index in [2.05, 4.69) is 29.1 Å². The Morgan fingerprint density at radius 1 is 1.38 bits per heavy atom. The number of carbonyl (C=O) groups excluding carboxylic acids is 1. The molecule has 0 heterocycles. The summed E-state index contributed by atoms with van der Waals surface area (Å²) < 4.78 is 4.56. The number of carbonyl (C=O) groups is 1. The van der Waals surface area contributed by atoms with E-state index in [-0.39, 0.29) is 12.5 Å². The topological polar surface area (TPSA) is 38.3 Å². The second kappa shape index (κ2) is 7.01. The van der Waals surface area contributed by atoms with Gasteiger partial charge < -0.3 is 10.1 Å². The molecule has 1 N–H and O–H groups in total. The van der Waals surface area contributed by atoms with Crippen LogP contribution in [-0.4, -0.2) is 25.7 Å². The minimum atomic E-state index is -0.216. The minimum Gasteiger partial charge on any atom is -0.468 e. The molecule has 0 aliphatic heterocycles. The molecule has 0 aliphatic rings. The zero-order valence-corrected chi connectivity index (χ0v) is 9.90. The average Bonchev–Trinajstić information content (AvgIpc) is 2.34. The number of aryl methyl sites for hydroxylation is 1. The highest BCUT2D eigenvalue weighted by atomic mass is 16.5.